The maximum Gasteiger partial charge on any atom is 0.276 e. The summed E-state index contributed by atoms with van der Waals surface area (Å²) >= 11 is 0. The molecular formula is C21H20N2O3S. The lowest BCUT2D eigenvalue weighted by atomic mass is 9.99. The van der Waals surface area contributed by atoms with Gasteiger partial charge >= 0.3 is 0 Å². The van der Waals surface area contributed by atoms with Crippen molar-refractivity contribution in [2.75, 3.05) is 0 Å². The number of hydrazone groups is 1. The third kappa shape index (κ3) is 4.61. The van der Waals surface area contributed by atoms with Crippen LogP contribution in [0.4, 0.5) is 0 Å². The quantitative estimate of drug-likeness (QED) is 0.508. The SMILES string of the molecule is Cc1ccc(S(=O)(=O)N/N=C(/c2ccccc2)[C@@H](O)c2ccccc2)cc1. The maximum atomic E-state index is 12.5. The molecular weight excluding hydrogens is 360 g/mol. The molecule has 0 fully saturated rings. The van der Waals surface area contributed by atoms with Crippen molar-refractivity contribution in [3.63, 3.8) is 0 Å². The standard InChI is InChI=1S/C21H20N2O3S/c1-16-12-14-19(15-13-16)27(25,26)23-22-20(17-8-4-2-5-9-17)21(24)18-10-6-3-7-11-18/h2-15,21,23-24H,1H3/b22-20-/t21-/m0/s1. The van der Waals surface area contributed by atoms with E-state index in [2.05, 4.69) is 9.93 Å². The van der Waals surface area contributed by atoms with Crippen LogP contribution in [0.3, 0.4) is 0 Å². The van der Waals surface area contributed by atoms with Crippen LogP contribution in [0.5, 0.6) is 0 Å². The van der Waals surface area contributed by atoms with Crippen LogP contribution in [0, 0.1) is 6.92 Å². The predicted octanol–water partition coefficient (Wildman–Crippen LogP) is 3.41. The van der Waals surface area contributed by atoms with Crippen molar-refractivity contribution >= 4 is 15.7 Å². The molecule has 0 aliphatic heterocycles. The lowest BCUT2D eigenvalue weighted by Crippen LogP contribution is -2.23. The summed E-state index contributed by atoms with van der Waals surface area (Å²) in [6.07, 6.45) is -1.07. The minimum atomic E-state index is -3.84. The Kier molecular flexibility index (Phi) is 5.69. The van der Waals surface area contributed by atoms with Crippen LogP contribution in [0.2, 0.25) is 0 Å². The first kappa shape index (κ1) is 18.8. The second kappa shape index (κ2) is 8.16. The van der Waals surface area contributed by atoms with Gasteiger partial charge in [0.15, 0.2) is 0 Å². The van der Waals surface area contributed by atoms with E-state index >= 15 is 0 Å². The number of nitrogens with one attached hydrogen (secondary N) is 1. The van der Waals surface area contributed by atoms with Crippen molar-refractivity contribution in [1.82, 2.24) is 4.83 Å². The third-order valence-corrected chi connectivity index (χ3v) is 5.29. The molecule has 3 aromatic carbocycles. The number of rotatable bonds is 6. The van der Waals surface area contributed by atoms with Crippen LogP contribution in [0.25, 0.3) is 0 Å². The second-order valence-corrected chi connectivity index (χ2v) is 7.74. The number of aryl methyl sites for hydroxylation is 1. The first-order valence-corrected chi connectivity index (χ1v) is 9.90. The summed E-state index contributed by atoms with van der Waals surface area (Å²) in [5, 5.41) is 14.8. The van der Waals surface area contributed by atoms with Gasteiger partial charge in [-0.2, -0.15) is 18.4 Å². The lowest BCUT2D eigenvalue weighted by molar-refractivity contribution is 0.247. The van der Waals surface area contributed by atoms with Gasteiger partial charge in [-0.3, -0.25) is 0 Å². The molecule has 0 bridgehead atoms. The van der Waals surface area contributed by atoms with Crippen molar-refractivity contribution in [1.29, 1.82) is 0 Å². The fourth-order valence-electron chi connectivity index (χ4n) is 2.57. The highest BCUT2D eigenvalue weighted by Gasteiger charge is 2.19. The Morgan fingerprint density at radius 1 is 0.889 bits per heavy atom. The van der Waals surface area contributed by atoms with E-state index in [0.29, 0.717) is 11.1 Å². The van der Waals surface area contributed by atoms with E-state index in [4.69, 9.17) is 0 Å². The molecule has 0 amide bonds. The van der Waals surface area contributed by atoms with Gasteiger partial charge in [0.1, 0.15) is 11.8 Å². The average Bonchev–Trinajstić information content (AvgIpc) is 2.70. The summed E-state index contributed by atoms with van der Waals surface area (Å²) < 4.78 is 25.1. The van der Waals surface area contributed by atoms with E-state index < -0.39 is 16.1 Å². The lowest BCUT2D eigenvalue weighted by Gasteiger charge is -2.15. The van der Waals surface area contributed by atoms with Crippen molar-refractivity contribution in [3.8, 4) is 0 Å². The van der Waals surface area contributed by atoms with E-state index in [-0.39, 0.29) is 10.6 Å². The Morgan fingerprint density at radius 3 is 2.04 bits per heavy atom. The maximum absolute atomic E-state index is 12.5. The van der Waals surface area contributed by atoms with Gasteiger partial charge in [0.05, 0.1) is 4.90 Å². The van der Waals surface area contributed by atoms with Gasteiger partial charge in [-0.15, -0.1) is 0 Å². The number of nitrogens with zero attached hydrogens (tertiary/aromatic N) is 1. The highest BCUT2D eigenvalue weighted by Crippen LogP contribution is 2.19. The van der Waals surface area contributed by atoms with Crippen LogP contribution in [-0.2, 0) is 10.0 Å². The summed E-state index contributed by atoms with van der Waals surface area (Å²) in [7, 11) is -3.84. The minimum absolute atomic E-state index is 0.110. The molecule has 27 heavy (non-hydrogen) atoms. The Labute approximate surface area is 159 Å². The molecule has 0 saturated heterocycles. The Hall–Kier alpha value is -2.96. The Morgan fingerprint density at radius 2 is 1.44 bits per heavy atom. The van der Waals surface area contributed by atoms with Gasteiger partial charge in [0.25, 0.3) is 10.0 Å². The molecule has 0 aromatic heterocycles. The van der Waals surface area contributed by atoms with E-state index in [1.807, 2.05) is 19.1 Å². The fraction of sp³-hybridized carbons (Fsp3) is 0.0952. The van der Waals surface area contributed by atoms with Crippen molar-refractivity contribution in [3.05, 3.63) is 102 Å². The molecule has 2 N–H and O–H groups in total. The van der Waals surface area contributed by atoms with Gasteiger partial charge < -0.3 is 5.11 Å². The smallest absolute Gasteiger partial charge is 0.276 e. The van der Waals surface area contributed by atoms with E-state index in [0.717, 1.165) is 5.56 Å². The second-order valence-electron chi connectivity index (χ2n) is 6.08. The number of hydrogen-bond acceptors (Lipinski definition) is 4. The van der Waals surface area contributed by atoms with E-state index in [1.165, 1.54) is 12.1 Å². The molecule has 6 heteroatoms. The van der Waals surface area contributed by atoms with Crippen molar-refractivity contribution in [2.45, 2.75) is 17.9 Å². The molecule has 138 valence electrons. The van der Waals surface area contributed by atoms with Crippen LogP contribution in [0.15, 0.2) is 94.9 Å². The predicted molar refractivity (Wildman–Crippen MR) is 106 cm³/mol. The highest BCUT2D eigenvalue weighted by atomic mass is 32.2. The Balaban J connectivity index is 1.96. The van der Waals surface area contributed by atoms with Gasteiger partial charge in [-0.1, -0.05) is 78.4 Å². The van der Waals surface area contributed by atoms with Crippen LogP contribution >= 0.6 is 0 Å². The molecule has 3 aromatic rings. The van der Waals surface area contributed by atoms with Crippen LogP contribution in [0.1, 0.15) is 22.8 Å². The highest BCUT2D eigenvalue weighted by molar-refractivity contribution is 7.89. The minimum Gasteiger partial charge on any atom is -0.382 e. The topological polar surface area (TPSA) is 78.8 Å². The zero-order valence-corrected chi connectivity index (χ0v) is 15.6. The average molecular weight is 380 g/mol. The molecule has 0 heterocycles. The van der Waals surface area contributed by atoms with Crippen LogP contribution < -0.4 is 4.83 Å². The zero-order chi connectivity index (χ0) is 19.3. The number of hydrogen-bond donors (Lipinski definition) is 2. The molecule has 0 spiro atoms. The molecule has 5 nitrogen and oxygen atoms in total. The summed E-state index contributed by atoms with van der Waals surface area (Å²) in [5.41, 5.74) is 2.43. The molecule has 0 aliphatic rings. The first-order chi connectivity index (χ1) is 13.0. The van der Waals surface area contributed by atoms with Gasteiger partial charge in [-0.05, 0) is 24.6 Å². The summed E-state index contributed by atoms with van der Waals surface area (Å²) in [4.78, 5) is 2.35. The van der Waals surface area contributed by atoms with Gasteiger partial charge in [0, 0.05) is 5.56 Å². The monoisotopic (exact) mass is 380 g/mol. The summed E-state index contributed by atoms with van der Waals surface area (Å²) in [5.74, 6) is 0. The third-order valence-electron chi connectivity index (χ3n) is 4.06. The Bertz CT molecular complexity index is 1020. The van der Waals surface area contributed by atoms with E-state index in [9.17, 15) is 13.5 Å². The molecule has 1 atom stereocenters. The number of benzene rings is 3. The molecule has 3 rings (SSSR count). The van der Waals surface area contributed by atoms with Crippen LogP contribution in [-0.4, -0.2) is 19.2 Å². The van der Waals surface area contributed by atoms with Crippen molar-refractivity contribution in [2.24, 2.45) is 5.10 Å². The number of sulfonamides is 1. The molecule has 0 unspecified atom stereocenters. The number of aliphatic hydroxyl groups is 1. The normalized spacial score (nSPS) is 13.2. The van der Waals surface area contributed by atoms with Crippen molar-refractivity contribution < 1.29 is 13.5 Å². The summed E-state index contributed by atoms with van der Waals surface area (Å²) in [6.45, 7) is 1.88. The zero-order valence-electron chi connectivity index (χ0n) is 14.8. The fourth-order valence-corrected chi connectivity index (χ4v) is 3.38. The van der Waals surface area contributed by atoms with E-state index in [1.54, 1.807) is 60.7 Å². The number of aliphatic hydroxyl groups excluding tert-OH is 1. The molecule has 0 aliphatic carbocycles. The first-order valence-electron chi connectivity index (χ1n) is 8.42. The van der Waals surface area contributed by atoms with Gasteiger partial charge in [0.2, 0.25) is 0 Å². The summed E-state index contributed by atoms with van der Waals surface area (Å²) in [6, 6.07) is 24.4. The largest absolute Gasteiger partial charge is 0.382 e. The van der Waals surface area contributed by atoms with Gasteiger partial charge in [-0.25, -0.2) is 0 Å². The molecule has 0 radical (unpaired) electrons. The molecule has 0 saturated carbocycles.